The van der Waals surface area contributed by atoms with Crippen LogP contribution in [0.1, 0.15) is 54.6 Å². The predicted molar refractivity (Wildman–Crippen MR) is 171 cm³/mol. The van der Waals surface area contributed by atoms with Crippen molar-refractivity contribution in [2.75, 3.05) is 65.6 Å². The fraction of sp³-hybridized carbons (Fsp3) is 0.600. The van der Waals surface area contributed by atoms with E-state index in [1.165, 1.54) is 0 Å². The summed E-state index contributed by atoms with van der Waals surface area (Å²) in [4.78, 5) is 50.9. The van der Waals surface area contributed by atoms with E-state index < -0.39 is 0 Å². The lowest BCUT2D eigenvalue weighted by atomic mass is 9.79. The summed E-state index contributed by atoms with van der Waals surface area (Å²) in [5, 5.41) is 13.4. The van der Waals surface area contributed by atoms with Crippen molar-refractivity contribution in [1.82, 2.24) is 25.0 Å². The number of phenolic OH excluding ortho intramolecular Hbond substituents is 1. The number of carbonyl (C=O) groups excluding carboxylic acids is 3. The fourth-order valence-electron chi connectivity index (χ4n) is 7.60. The average molecular weight is 634 g/mol. The number of pyridine rings is 1. The van der Waals surface area contributed by atoms with Gasteiger partial charge in [0.2, 0.25) is 17.7 Å². The summed E-state index contributed by atoms with van der Waals surface area (Å²) in [6.07, 6.45) is 4.05. The first-order valence-corrected chi connectivity index (χ1v) is 16.9. The molecule has 0 saturated carbocycles. The van der Waals surface area contributed by atoms with E-state index in [9.17, 15) is 19.5 Å². The molecule has 46 heavy (non-hydrogen) atoms. The molecule has 4 atom stereocenters. The van der Waals surface area contributed by atoms with Crippen molar-refractivity contribution in [2.24, 2.45) is 23.7 Å². The van der Waals surface area contributed by atoms with Crippen LogP contribution < -0.4 is 10.1 Å². The highest BCUT2D eigenvalue weighted by Crippen LogP contribution is 2.34. The lowest BCUT2D eigenvalue weighted by molar-refractivity contribution is -0.139. The lowest BCUT2D eigenvalue weighted by Gasteiger charge is -2.42. The summed E-state index contributed by atoms with van der Waals surface area (Å²) in [5.74, 6) is 1.49. The van der Waals surface area contributed by atoms with Crippen LogP contribution in [0.5, 0.6) is 11.6 Å². The molecule has 5 heterocycles. The van der Waals surface area contributed by atoms with Gasteiger partial charge in [-0.2, -0.15) is 0 Å². The molecule has 6 rings (SSSR count). The molecule has 0 spiro atoms. The summed E-state index contributed by atoms with van der Waals surface area (Å²) < 4.78 is 11.5. The second kappa shape index (κ2) is 15.3. The van der Waals surface area contributed by atoms with Crippen molar-refractivity contribution in [3.8, 4) is 11.6 Å². The SMILES string of the molecule is O=C1NCC[C@H]2CN(Cc3ccccc3O)CC[C@H]2CC(=O)N2CC[C@@H](CC(=O)N3CCOCC3)[C@@H](CCOc3cccc1n3)C2. The van der Waals surface area contributed by atoms with Gasteiger partial charge in [0.1, 0.15) is 11.4 Å². The molecule has 0 aliphatic carbocycles. The predicted octanol–water partition coefficient (Wildman–Crippen LogP) is 2.93. The summed E-state index contributed by atoms with van der Waals surface area (Å²) in [6, 6.07) is 12.7. The molecule has 0 unspecified atom stereocenters. The monoisotopic (exact) mass is 633 g/mol. The maximum Gasteiger partial charge on any atom is 0.270 e. The molecule has 3 fully saturated rings. The number of phenols is 1. The van der Waals surface area contributed by atoms with Gasteiger partial charge in [0, 0.05) is 70.3 Å². The Balaban J connectivity index is 1.18. The van der Waals surface area contributed by atoms with E-state index in [1.807, 2.05) is 28.0 Å². The van der Waals surface area contributed by atoms with Crippen molar-refractivity contribution in [1.29, 1.82) is 0 Å². The zero-order valence-corrected chi connectivity index (χ0v) is 26.6. The summed E-state index contributed by atoms with van der Waals surface area (Å²) in [5.41, 5.74) is 1.21. The third-order valence-electron chi connectivity index (χ3n) is 10.3. The molecule has 4 bridgehead atoms. The van der Waals surface area contributed by atoms with E-state index in [0.29, 0.717) is 95.7 Å². The number of hydrogen-bond donors (Lipinski definition) is 2. The van der Waals surface area contributed by atoms with Gasteiger partial charge in [-0.05, 0) is 68.0 Å². The van der Waals surface area contributed by atoms with Gasteiger partial charge in [0.25, 0.3) is 5.91 Å². The number of likely N-dealkylation sites (tertiary alicyclic amines) is 1. The Bertz CT molecular complexity index is 1370. The molecular weight excluding hydrogens is 586 g/mol. The van der Waals surface area contributed by atoms with E-state index in [4.69, 9.17) is 9.47 Å². The molecule has 3 saturated heterocycles. The number of rotatable bonds is 4. The summed E-state index contributed by atoms with van der Waals surface area (Å²) >= 11 is 0. The van der Waals surface area contributed by atoms with Gasteiger partial charge in [0.15, 0.2) is 0 Å². The van der Waals surface area contributed by atoms with E-state index in [-0.39, 0.29) is 41.4 Å². The highest BCUT2D eigenvalue weighted by Gasteiger charge is 2.37. The largest absolute Gasteiger partial charge is 0.508 e. The van der Waals surface area contributed by atoms with Gasteiger partial charge in [0.05, 0.1) is 19.8 Å². The molecule has 248 valence electrons. The van der Waals surface area contributed by atoms with Gasteiger partial charge in [-0.25, -0.2) is 4.98 Å². The van der Waals surface area contributed by atoms with E-state index in [0.717, 1.165) is 37.9 Å². The number of amides is 3. The normalized spacial score (nSPS) is 26.8. The Labute approximate surface area is 271 Å². The van der Waals surface area contributed by atoms with Crippen LogP contribution >= 0.6 is 0 Å². The summed E-state index contributed by atoms with van der Waals surface area (Å²) in [6.45, 7) is 6.85. The van der Waals surface area contributed by atoms with Crippen molar-refractivity contribution in [2.45, 2.75) is 45.1 Å². The first-order chi connectivity index (χ1) is 22.4. The maximum absolute atomic E-state index is 13.9. The highest BCUT2D eigenvalue weighted by molar-refractivity contribution is 5.92. The second-order valence-electron chi connectivity index (χ2n) is 13.3. The summed E-state index contributed by atoms with van der Waals surface area (Å²) in [7, 11) is 0. The van der Waals surface area contributed by atoms with Gasteiger partial charge in [-0.3, -0.25) is 19.3 Å². The van der Waals surface area contributed by atoms with E-state index >= 15 is 0 Å². The van der Waals surface area contributed by atoms with Crippen molar-refractivity contribution in [3.63, 3.8) is 0 Å². The Morgan fingerprint density at radius 1 is 0.891 bits per heavy atom. The van der Waals surface area contributed by atoms with Crippen LogP contribution in [-0.4, -0.2) is 108 Å². The Morgan fingerprint density at radius 2 is 1.74 bits per heavy atom. The number of aromatic hydroxyl groups is 1. The van der Waals surface area contributed by atoms with Gasteiger partial charge in [-0.1, -0.05) is 24.3 Å². The number of nitrogens with one attached hydrogen (secondary N) is 1. The number of para-hydroxylation sites is 1. The van der Waals surface area contributed by atoms with Crippen LogP contribution in [0.15, 0.2) is 42.5 Å². The maximum atomic E-state index is 13.9. The van der Waals surface area contributed by atoms with Gasteiger partial charge >= 0.3 is 0 Å². The van der Waals surface area contributed by atoms with Crippen molar-refractivity contribution < 1.29 is 29.0 Å². The molecule has 0 radical (unpaired) electrons. The Hall–Kier alpha value is -3.70. The number of benzene rings is 1. The van der Waals surface area contributed by atoms with Crippen LogP contribution in [-0.2, 0) is 20.9 Å². The minimum atomic E-state index is -0.243. The Kier molecular flexibility index (Phi) is 10.7. The molecule has 11 nitrogen and oxygen atoms in total. The van der Waals surface area contributed by atoms with Crippen LogP contribution in [0.3, 0.4) is 0 Å². The van der Waals surface area contributed by atoms with Crippen molar-refractivity contribution in [3.05, 3.63) is 53.7 Å². The molecular formula is C35H47N5O6. The minimum Gasteiger partial charge on any atom is -0.508 e. The lowest BCUT2D eigenvalue weighted by Crippen LogP contribution is -2.48. The number of fused-ring (bicyclic) bond motifs is 5. The zero-order chi connectivity index (χ0) is 31.9. The first kappa shape index (κ1) is 32.2. The number of aromatic nitrogens is 1. The molecule has 2 N–H and O–H groups in total. The second-order valence-corrected chi connectivity index (χ2v) is 13.3. The third kappa shape index (κ3) is 8.17. The smallest absolute Gasteiger partial charge is 0.270 e. The number of piperidine rings is 2. The number of hydrogen-bond acceptors (Lipinski definition) is 8. The average Bonchev–Trinajstić information content (AvgIpc) is 3.07. The highest BCUT2D eigenvalue weighted by atomic mass is 16.5. The topological polar surface area (TPSA) is 125 Å². The molecule has 11 heteroatoms. The molecule has 2 aromatic rings. The molecule has 1 aromatic carbocycles. The number of carbonyl (C=O) groups is 3. The molecule has 3 amide bonds. The number of morpholine rings is 1. The number of ether oxygens (including phenoxy) is 2. The van der Waals surface area contributed by atoms with Crippen LogP contribution in [0.4, 0.5) is 0 Å². The quantitative estimate of drug-likeness (QED) is 0.527. The van der Waals surface area contributed by atoms with Crippen LogP contribution in [0.25, 0.3) is 0 Å². The van der Waals surface area contributed by atoms with Crippen LogP contribution in [0.2, 0.25) is 0 Å². The third-order valence-corrected chi connectivity index (χ3v) is 10.3. The van der Waals surface area contributed by atoms with E-state index in [2.05, 4.69) is 15.2 Å². The first-order valence-electron chi connectivity index (χ1n) is 16.9. The van der Waals surface area contributed by atoms with Crippen molar-refractivity contribution >= 4 is 17.7 Å². The van der Waals surface area contributed by atoms with Gasteiger partial charge in [-0.15, -0.1) is 0 Å². The molecule has 4 aliphatic heterocycles. The van der Waals surface area contributed by atoms with Gasteiger partial charge < -0.3 is 29.7 Å². The van der Waals surface area contributed by atoms with E-state index in [1.54, 1.807) is 24.3 Å². The molecule has 1 aromatic heterocycles. The Morgan fingerprint density at radius 3 is 2.59 bits per heavy atom. The standard InChI is InChI=1S/C35H47N5O6/c41-31-6-2-1-4-29(31)23-38-13-9-25-21-34(43)40-14-10-26(20-33(42)39-15-18-45-19-16-39)28(24-40)11-17-46-32-7-3-5-30(37-32)35(44)36-12-8-27(25)22-38/h1-7,25-28,41H,8-24H2,(H,36,44)/t25-,26-,27-,28-/m0/s1. The van der Waals surface area contributed by atoms with Crippen LogP contribution in [0, 0.1) is 23.7 Å². The number of nitrogens with zero attached hydrogens (tertiary/aromatic N) is 4. The minimum absolute atomic E-state index is 0.126. The zero-order valence-electron chi connectivity index (χ0n) is 26.6. The fourth-order valence-corrected chi connectivity index (χ4v) is 7.60. The molecule has 4 aliphatic rings.